The first-order valence-electron chi connectivity index (χ1n) is 7.41. The normalized spacial score (nSPS) is 10.9. The fourth-order valence-corrected chi connectivity index (χ4v) is 2.84. The van der Waals surface area contributed by atoms with E-state index in [-0.39, 0.29) is 12.2 Å². The van der Waals surface area contributed by atoms with Gasteiger partial charge in [-0.05, 0) is 24.3 Å². The van der Waals surface area contributed by atoms with Gasteiger partial charge in [0.15, 0.2) is 11.6 Å². The van der Waals surface area contributed by atoms with Crippen LogP contribution in [0.3, 0.4) is 0 Å². The van der Waals surface area contributed by atoms with Gasteiger partial charge in [-0.2, -0.15) is 8.78 Å². The maximum atomic E-state index is 12.1. The third kappa shape index (κ3) is 4.76. The van der Waals surface area contributed by atoms with E-state index in [9.17, 15) is 18.4 Å². The highest BCUT2D eigenvalue weighted by Crippen LogP contribution is 2.17. The number of alkyl halides is 2. The lowest BCUT2D eigenvalue weighted by Crippen LogP contribution is -2.21. The quantitative estimate of drug-likeness (QED) is 0.637. The molecule has 0 spiro atoms. The number of thiazole rings is 1. The van der Waals surface area contributed by atoms with Crippen molar-refractivity contribution in [1.29, 1.82) is 0 Å². The number of hydrogen-bond donors (Lipinski definition) is 1. The Morgan fingerprint density at radius 3 is 2.73 bits per heavy atom. The van der Waals surface area contributed by atoms with Crippen molar-refractivity contribution in [3.8, 4) is 5.75 Å². The predicted octanol–water partition coefficient (Wildman–Crippen LogP) is 2.72. The summed E-state index contributed by atoms with van der Waals surface area (Å²) in [6.45, 7) is -3.38. The highest BCUT2D eigenvalue weighted by atomic mass is 32.1. The van der Waals surface area contributed by atoms with Crippen molar-refractivity contribution in [1.82, 2.24) is 9.38 Å². The minimum absolute atomic E-state index is 0.0237. The second-order valence-electron chi connectivity index (χ2n) is 5.11. The van der Waals surface area contributed by atoms with Crippen molar-refractivity contribution >= 4 is 33.9 Å². The Bertz CT molecular complexity index is 879. The molecule has 7 nitrogen and oxygen atoms in total. The second-order valence-corrected chi connectivity index (χ2v) is 5.99. The van der Waals surface area contributed by atoms with Gasteiger partial charge in [-0.3, -0.25) is 14.0 Å². The maximum absolute atomic E-state index is 12.1. The number of carbonyl (C=O) groups excluding carboxylic acids is 2. The third-order valence-electron chi connectivity index (χ3n) is 3.20. The number of rotatable bonds is 7. The molecular formula is C16H13F2N3O4S. The standard InChI is InChI=1S/C16H13F2N3O4S/c17-15(18)25-12-3-1-10(2-4-12)19-13(22)9-24-14(23)7-11-8-21-5-6-26-16(21)20-11/h1-6,8,15H,7,9H2,(H,19,22). The van der Waals surface area contributed by atoms with Gasteiger partial charge in [-0.15, -0.1) is 11.3 Å². The van der Waals surface area contributed by atoms with Crippen LogP contribution in [0.5, 0.6) is 5.75 Å². The smallest absolute Gasteiger partial charge is 0.387 e. The zero-order valence-corrected chi connectivity index (χ0v) is 14.0. The van der Waals surface area contributed by atoms with Gasteiger partial charge in [0.25, 0.3) is 5.91 Å². The Morgan fingerprint density at radius 2 is 2.04 bits per heavy atom. The van der Waals surface area contributed by atoms with E-state index in [0.29, 0.717) is 11.4 Å². The van der Waals surface area contributed by atoms with Crippen molar-refractivity contribution in [3.05, 3.63) is 47.7 Å². The summed E-state index contributed by atoms with van der Waals surface area (Å²) >= 11 is 1.44. The van der Waals surface area contributed by atoms with Crippen LogP contribution in [-0.4, -0.2) is 34.5 Å². The lowest BCUT2D eigenvalue weighted by atomic mass is 10.3. The van der Waals surface area contributed by atoms with E-state index in [2.05, 4.69) is 15.0 Å². The SMILES string of the molecule is O=C(COC(=O)Cc1cn2ccsc2n1)Nc1ccc(OC(F)F)cc1. The molecule has 3 aromatic rings. The number of esters is 1. The number of halogens is 2. The molecule has 0 fully saturated rings. The lowest BCUT2D eigenvalue weighted by molar-refractivity contribution is -0.146. The van der Waals surface area contributed by atoms with E-state index >= 15 is 0 Å². The number of aromatic nitrogens is 2. The summed E-state index contributed by atoms with van der Waals surface area (Å²) in [4.78, 5) is 28.6. The van der Waals surface area contributed by atoms with E-state index in [1.165, 1.54) is 35.6 Å². The number of ether oxygens (including phenoxy) is 2. The van der Waals surface area contributed by atoms with E-state index in [0.717, 1.165) is 4.96 Å². The minimum atomic E-state index is -2.92. The molecule has 0 radical (unpaired) electrons. The molecule has 0 bridgehead atoms. The molecular weight excluding hydrogens is 368 g/mol. The van der Waals surface area contributed by atoms with Gasteiger partial charge in [0.05, 0.1) is 12.1 Å². The van der Waals surface area contributed by atoms with Gasteiger partial charge >= 0.3 is 12.6 Å². The van der Waals surface area contributed by atoms with Crippen LogP contribution in [0.15, 0.2) is 42.0 Å². The molecule has 26 heavy (non-hydrogen) atoms. The maximum Gasteiger partial charge on any atom is 0.387 e. The van der Waals surface area contributed by atoms with Crippen molar-refractivity contribution in [2.45, 2.75) is 13.0 Å². The van der Waals surface area contributed by atoms with Crippen LogP contribution in [0.25, 0.3) is 4.96 Å². The van der Waals surface area contributed by atoms with E-state index in [4.69, 9.17) is 4.74 Å². The van der Waals surface area contributed by atoms with Crippen LogP contribution in [0.2, 0.25) is 0 Å². The number of nitrogens with zero attached hydrogens (tertiary/aromatic N) is 2. The molecule has 1 aromatic carbocycles. The first kappa shape index (κ1) is 17.8. The largest absolute Gasteiger partial charge is 0.455 e. The van der Waals surface area contributed by atoms with Crippen LogP contribution in [-0.2, 0) is 20.7 Å². The zero-order chi connectivity index (χ0) is 18.5. The van der Waals surface area contributed by atoms with Crippen molar-refractivity contribution < 1.29 is 27.8 Å². The number of benzene rings is 1. The molecule has 0 saturated carbocycles. The Kier molecular flexibility index (Phi) is 5.42. The van der Waals surface area contributed by atoms with Crippen molar-refractivity contribution in [2.24, 2.45) is 0 Å². The Labute approximate surface area is 150 Å². The summed E-state index contributed by atoms with van der Waals surface area (Å²) in [5.74, 6) is -1.15. The number of imidazole rings is 1. The molecule has 1 N–H and O–H groups in total. The van der Waals surface area contributed by atoms with Gasteiger partial charge in [0.2, 0.25) is 0 Å². The summed E-state index contributed by atoms with van der Waals surface area (Å²) in [6.07, 6.45) is 3.50. The topological polar surface area (TPSA) is 81.9 Å². The average molecular weight is 381 g/mol. The van der Waals surface area contributed by atoms with Crippen LogP contribution in [0.4, 0.5) is 14.5 Å². The molecule has 2 aromatic heterocycles. The van der Waals surface area contributed by atoms with Gasteiger partial charge in [0.1, 0.15) is 5.75 Å². The van der Waals surface area contributed by atoms with Crippen molar-refractivity contribution in [2.75, 3.05) is 11.9 Å². The fraction of sp³-hybridized carbons (Fsp3) is 0.188. The third-order valence-corrected chi connectivity index (χ3v) is 3.97. The molecule has 136 valence electrons. The van der Waals surface area contributed by atoms with E-state index < -0.39 is 25.1 Å². The van der Waals surface area contributed by atoms with Gasteiger partial charge < -0.3 is 14.8 Å². The molecule has 10 heteroatoms. The molecule has 3 rings (SSSR count). The first-order valence-corrected chi connectivity index (χ1v) is 8.29. The first-order chi connectivity index (χ1) is 12.5. The Balaban J connectivity index is 1.44. The summed E-state index contributed by atoms with van der Waals surface area (Å²) in [5, 5.41) is 4.36. The number of anilines is 1. The predicted molar refractivity (Wildman–Crippen MR) is 89.4 cm³/mol. The average Bonchev–Trinajstić information content (AvgIpc) is 3.16. The number of carbonyl (C=O) groups is 2. The number of fused-ring (bicyclic) bond motifs is 1. The highest BCUT2D eigenvalue weighted by molar-refractivity contribution is 7.15. The summed E-state index contributed by atoms with van der Waals surface area (Å²) in [7, 11) is 0. The summed E-state index contributed by atoms with van der Waals surface area (Å²) < 4.78 is 35.0. The number of amides is 1. The van der Waals surface area contributed by atoms with Gasteiger partial charge in [-0.25, -0.2) is 4.98 Å². The van der Waals surface area contributed by atoms with E-state index in [1.54, 1.807) is 10.6 Å². The highest BCUT2D eigenvalue weighted by Gasteiger charge is 2.12. The Hall–Kier alpha value is -3.01. The number of nitrogens with one attached hydrogen (secondary N) is 1. The summed E-state index contributed by atoms with van der Waals surface area (Å²) in [6, 6.07) is 5.38. The molecule has 0 atom stereocenters. The monoisotopic (exact) mass is 381 g/mol. The lowest BCUT2D eigenvalue weighted by Gasteiger charge is -2.08. The second kappa shape index (κ2) is 7.91. The minimum Gasteiger partial charge on any atom is -0.455 e. The molecule has 2 heterocycles. The molecule has 0 aliphatic carbocycles. The molecule has 0 unspecified atom stereocenters. The van der Waals surface area contributed by atoms with Crippen LogP contribution in [0.1, 0.15) is 5.69 Å². The van der Waals surface area contributed by atoms with E-state index in [1.807, 2.05) is 11.6 Å². The van der Waals surface area contributed by atoms with Crippen LogP contribution in [0, 0.1) is 0 Å². The Morgan fingerprint density at radius 1 is 1.27 bits per heavy atom. The van der Waals surface area contributed by atoms with Gasteiger partial charge in [0, 0.05) is 23.5 Å². The van der Waals surface area contributed by atoms with Crippen molar-refractivity contribution in [3.63, 3.8) is 0 Å². The molecule has 0 aliphatic rings. The molecule has 0 aliphatic heterocycles. The zero-order valence-electron chi connectivity index (χ0n) is 13.2. The van der Waals surface area contributed by atoms with Crippen LogP contribution < -0.4 is 10.1 Å². The number of hydrogen-bond acceptors (Lipinski definition) is 6. The van der Waals surface area contributed by atoms with Gasteiger partial charge in [-0.1, -0.05) is 0 Å². The summed E-state index contributed by atoms with van der Waals surface area (Å²) in [5.41, 5.74) is 0.916. The molecule has 1 amide bonds. The molecule has 0 saturated heterocycles. The van der Waals surface area contributed by atoms with Crippen LogP contribution >= 0.6 is 11.3 Å². The fourth-order valence-electron chi connectivity index (χ4n) is 2.12.